The molecule has 0 saturated heterocycles. The number of nitrogens with zero attached hydrogens (tertiary/aromatic N) is 1. The number of hydrogen-bond acceptors (Lipinski definition) is 7. The van der Waals surface area contributed by atoms with Gasteiger partial charge < -0.3 is 28.5 Å². The Morgan fingerprint density at radius 1 is 0.469 bits per heavy atom. The van der Waals surface area contributed by atoms with Crippen molar-refractivity contribution in [3.8, 4) is 0 Å². The second-order valence-corrected chi connectivity index (χ2v) is 19.5. The van der Waals surface area contributed by atoms with Crippen LogP contribution in [0.15, 0.2) is 24.3 Å². The van der Waals surface area contributed by atoms with E-state index in [1.165, 1.54) is 180 Å². The van der Waals surface area contributed by atoms with Crippen molar-refractivity contribution >= 4 is 17.9 Å². The van der Waals surface area contributed by atoms with Crippen LogP contribution in [0.25, 0.3) is 0 Å². The predicted molar refractivity (Wildman–Crippen MR) is 268 cm³/mol. The Bertz CT molecular complexity index is 1100. The maximum Gasteiger partial charge on any atom is 0.361 e. The van der Waals surface area contributed by atoms with Gasteiger partial charge in [0.1, 0.15) is 13.2 Å². The molecule has 0 rings (SSSR count). The van der Waals surface area contributed by atoms with E-state index in [2.05, 4.69) is 38.2 Å². The summed E-state index contributed by atoms with van der Waals surface area (Å²) in [5, 5.41) is 9.68. The van der Waals surface area contributed by atoms with Gasteiger partial charge in [-0.15, -0.1) is 0 Å². The van der Waals surface area contributed by atoms with E-state index in [9.17, 15) is 19.5 Å². The maximum absolute atomic E-state index is 12.8. The second-order valence-electron chi connectivity index (χ2n) is 19.5. The van der Waals surface area contributed by atoms with E-state index in [4.69, 9.17) is 18.9 Å². The van der Waals surface area contributed by atoms with Gasteiger partial charge in [0, 0.05) is 12.8 Å². The molecule has 2 unspecified atom stereocenters. The Kier molecular flexibility index (Phi) is 45.6. The zero-order valence-corrected chi connectivity index (χ0v) is 42.7. The molecule has 0 aliphatic heterocycles. The van der Waals surface area contributed by atoms with Gasteiger partial charge in [0.05, 0.1) is 34.4 Å². The van der Waals surface area contributed by atoms with Crippen molar-refractivity contribution in [2.75, 3.05) is 47.5 Å². The zero-order chi connectivity index (χ0) is 47.0. The van der Waals surface area contributed by atoms with Crippen LogP contribution in [0.4, 0.5) is 0 Å². The summed E-state index contributed by atoms with van der Waals surface area (Å²) in [6.45, 7) is 4.90. The highest BCUT2D eigenvalue weighted by atomic mass is 16.7. The minimum absolute atomic E-state index is 0.178. The fourth-order valence-electron chi connectivity index (χ4n) is 7.75. The molecule has 0 aliphatic carbocycles. The molecule has 9 heteroatoms. The molecule has 0 spiro atoms. The van der Waals surface area contributed by atoms with Crippen LogP contribution in [0.2, 0.25) is 0 Å². The molecule has 9 nitrogen and oxygen atoms in total. The van der Waals surface area contributed by atoms with Crippen LogP contribution in [0, 0.1) is 0 Å². The third-order valence-corrected chi connectivity index (χ3v) is 12.0. The third kappa shape index (κ3) is 47.7. The van der Waals surface area contributed by atoms with Gasteiger partial charge in [-0.2, -0.15) is 0 Å². The van der Waals surface area contributed by atoms with Crippen LogP contribution in [-0.2, 0) is 33.3 Å². The lowest BCUT2D eigenvalue weighted by Gasteiger charge is -2.25. The first-order valence-corrected chi connectivity index (χ1v) is 27.0. The first-order chi connectivity index (χ1) is 31.1. The van der Waals surface area contributed by atoms with Gasteiger partial charge in [0.15, 0.2) is 6.10 Å². The van der Waals surface area contributed by atoms with E-state index < -0.39 is 24.3 Å². The van der Waals surface area contributed by atoms with Crippen LogP contribution in [0.1, 0.15) is 251 Å². The molecule has 0 saturated carbocycles. The van der Waals surface area contributed by atoms with Crippen LogP contribution in [0.5, 0.6) is 0 Å². The number of likely N-dealkylation sites (N-methyl/N-ethyl adjacent to an activating group) is 1. The smallest absolute Gasteiger partial charge is 0.361 e. The average molecular weight is 907 g/mol. The minimum atomic E-state index is -1.51. The molecule has 376 valence electrons. The van der Waals surface area contributed by atoms with Crippen molar-refractivity contribution in [2.45, 2.75) is 264 Å². The SMILES string of the molecule is CCCCCCC/C=C\C/C=C\CCCCCCCCCCCCCC(=O)OC(COC(=O)CCCCCCCCCCCCCCCCCC)COC(OCC[N+](C)(C)C)C(=O)O. The summed E-state index contributed by atoms with van der Waals surface area (Å²) in [6.07, 6.45) is 51.0. The Morgan fingerprint density at radius 2 is 0.844 bits per heavy atom. The average Bonchev–Trinajstić information content (AvgIpc) is 3.26. The van der Waals surface area contributed by atoms with Crippen molar-refractivity contribution < 1.29 is 42.9 Å². The van der Waals surface area contributed by atoms with Crippen molar-refractivity contribution in [1.29, 1.82) is 0 Å². The number of carboxylic acid groups (broad SMARTS) is 1. The molecular weight excluding hydrogens is 803 g/mol. The van der Waals surface area contributed by atoms with Crippen LogP contribution < -0.4 is 0 Å². The topological polar surface area (TPSA) is 108 Å². The van der Waals surface area contributed by atoms with Crippen molar-refractivity contribution in [3.05, 3.63) is 24.3 Å². The first-order valence-electron chi connectivity index (χ1n) is 27.0. The Labute approximate surface area is 395 Å². The molecule has 0 aromatic carbocycles. The van der Waals surface area contributed by atoms with E-state index >= 15 is 0 Å². The molecule has 2 atom stereocenters. The Hall–Kier alpha value is -2.23. The normalized spacial score (nSPS) is 13.0. The Balaban J connectivity index is 4.27. The van der Waals surface area contributed by atoms with Crippen molar-refractivity contribution in [3.63, 3.8) is 0 Å². The predicted octanol–water partition coefficient (Wildman–Crippen LogP) is 15.2. The monoisotopic (exact) mass is 907 g/mol. The van der Waals surface area contributed by atoms with Gasteiger partial charge in [0.2, 0.25) is 0 Å². The van der Waals surface area contributed by atoms with Gasteiger partial charge in [-0.3, -0.25) is 9.59 Å². The van der Waals surface area contributed by atoms with E-state index in [0.29, 0.717) is 17.4 Å². The summed E-state index contributed by atoms with van der Waals surface area (Å²) in [5.41, 5.74) is 0. The fourth-order valence-corrected chi connectivity index (χ4v) is 7.75. The highest BCUT2D eigenvalue weighted by molar-refractivity contribution is 5.71. The number of carbonyl (C=O) groups excluding carboxylic acids is 2. The van der Waals surface area contributed by atoms with Gasteiger partial charge in [-0.1, -0.05) is 218 Å². The summed E-state index contributed by atoms with van der Waals surface area (Å²) in [4.78, 5) is 37.3. The molecule has 0 amide bonds. The molecule has 1 N–H and O–H groups in total. The quantitative estimate of drug-likeness (QED) is 0.0211. The summed E-state index contributed by atoms with van der Waals surface area (Å²) in [6, 6.07) is 0. The van der Waals surface area contributed by atoms with Crippen LogP contribution >= 0.6 is 0 Å². The third-order valence-electron chi connectivity index (χ3n) is 12.0. The zero-order valence-electron chi connectivity index (χ0n) is 42.7. The minimum Gasteiger partial charge on any atom is -0.477 e. The largest absolute Gasteiger partial charge is 0.477 e. The van der Waals surface area contributed by atoms with Crippen molar-refractivity contribution in [2.24, 2.45) is 0 Å². The number of carbonyl (C=O) groups is 3. The molecule has 64 heavy (non-hydrogen) atoms. The number of quaternary nitrogens is 1. The summed E-state index contributed by atoms with van der Waals surface area (Å²) >= 11 is 0. The number of ether oxygens (including phenoxy) is 4. The number of carboxylic acids is 1. The number of rotatable bonds is 50. The molecular formula is C55H104NO8+. The maximum atomic E-state index is 12.8. The second kappa shape index (κ2) is 47.3. The Morgan fingerprint density at radius 3 is 1.23 bits per heavy atom. The van der Waals surface area contributed by atoms with Gasteiger partial charge >= 0.3 is 17.9 Å². The molecule has 0 heterocycles. The summed E-state index contributed by atoms with van der Waals surface area (Å²) in [7, 11) is 5.97. The lowest BCUT2D eigenvalue weighted by atomic mass is 10.0. The van der Waals surface area contributed by atoms with E-state index in [1.54, 1.807) is 0 Å². The van der Waals surface area contributed by atoms with Gasteiger partial charge in [-0.25, -0.2) is 4.79 Å². The van der Waals surface area contributed by atoms with Gasteiger partial charge in [0.25, 0.3) is 6.29 Å². The summed E-state index contributed by atoms with van der Waals surface area (Å²) in [5.74, 6) is -1.99. The number of allylic oxidation sites excluding steroid dienone is 4. The van der Waals surface area contributed by atoms with E-state index in [0.717, 1.165) is 44.9 Å². The molecule has 0 radical (unpaired) electrons. The highest BCUT2D eigenvalue weighted by Gasteiger charge is 2.25. The standard InChI is InChI=1S/C55H103NO8/c1-6-8-10-12-14-16-18-20-22-24-25-26-27-28-29-30-32-34-36-38-40-42-44-46-53(58)64-51(50-63-55(54(59)60)61-48-47-56(3,4)5)49-62-52(57)45-43-41-39-37-35-33-31-23-21-19-17-15-13-11-9-7-2/h18,20,24-25,51,55H,6-17,19,21-23,26-50H2,1-5H3/p+1/b20-18-,25-24-. The fraction of sp³-hybridized carbons (Fsp3) is 0.873. The number of hydrogen-bond donors (Lipinski definition) is 1. The van der Waals surface area contributed by atoms with E-state index in [-0.39, 0.29) is 32.2 Å². The molecule has 0 fully saturated rings. The lowest BCUT2D eigenvalue weighted by Crippen LogP contribution is -2.40. The van der Waals surface area contributed by atoms with Crippen LogP contribution in [-0.4, -0.2) is 87.4 Å². The first kappa shape index (κ1) is 61.8. The van der Waals surface area contributed by atoms with E-state index in [1.807, 2.05) is 21.1 Å². The number of unbranched alkanes of at least 4 members (excludes halogenated alkanes) is 31. The molecule has 0 bridgehead atoms. The molecule has 0 aromatic heterocycles. The lowest BCUT2D eigenvalue weighted by molar-refractivity contribution is -0.870. The van der Waals surface area contributed by atoms with Gasteiger partial charge in [-0.05, 0) is 44.9 Å². The van der Waals surface area contributed by atoms with Crippen LogP contribution in [0.3, 0.4) is 0 Å². The number of aliphatic carboxylic acids is 1. The molecule has 0 aromatic rings. The number of esters is 2. The van der Waals surface area contributed by atoms with Crippen molar-refractivity contribution in [1.82, 2.24) is 0 Å². The highest BCUT2D eigenvalue weighted by Crippen LogP contribution is 2.16. The molecule has 0 aliphatic rings. The summed E-state index contributed by atoms with van der Waals surface area (Å²) < 4.78 is 22.8.